The number of benzene rings is 8. The first-order chi connectivity index (χ1) is 23.8. The summed E-state index contributed by atoms with van der Waals surface area (Å²) in [6, 6.07) is 48.7. The molecule has 0 saturated carbocycles. The van der Waals surface area contributed by atoms with Crippen LogP contribution >= 0.6 is 0 Å². The van der Waals surface area contributed by atoms with Gasteiger partial charge in [-0.1, -0.05) is 109 Å². The molecule has 0 bridgehead atoms. The molecule has 3 aromatic heterocycles. The average Bonchev–Trinajstić information content (AvgIpc) is 3.71. The molecule has 11 rings (SSSR count). The Balaban J connectivity index is 1.11. The van der Waals surface area contributed by atoms with E-state index in [-0.39, 0.29) is 0 Å². The fourth-order valence-corrected chi connectivity index (χ4v) is 7.66. The van der Waals surface area contributed by atoms with Crippen molar-refractivity contribution in [2.24, 2.45) is 0 Å². The van der Waals surface area contributed by atoms with Crippen LogP contribution < -0.4 is 0 Å². The number of furan rings is 2. The van der Waals surface area contributed by atoms with Crippen LogP contribution in [0.25, 0.3) is 110 Å². The molecule has 0 fully saturated rings. The Hall–Kier alpha value is -6.52. The van der Waals surface area contributed by atoms with Gasteiger partial charge < -0.3 is 8.83 Å². The Bertz CT molecular complexity index is 3090. The first-order valence-corrected chi connectivity index (χ1v) is 16.1. The van der Waals surface area contributed by atoms with E-state index in [0.717, 1.165) is 98.8 Å². The molecule has 0 spiro atoms. The largest absolute Gasteiger partial charge is 0.456 e. The van der Waals surface area contributed by atoms with E-state index < -0.39 is 0 Å². The molecule has 48 heavy (non-hydrogen) atoms. The van der Waals surface area contributed by atoms with Gasteiger partial charge in [0.1, 0.15) is 22.3 Å². The van der Waals surface area contributed by atoms with Crippen molar-refractivity contribution >= 4 is 87.2 Å². The molecule has 0 N–H and O–H groups in total. The predicted octanol–water partition coefficient (Wildman–Crippen LogP) is 12.2. The lowest BCUT2D eigenvalue weighted by molar-refractivity contribution is 0.664. The second kappa shape index (κ2) is 9.50. The minimum absolute atomic E-state index is 0.854. The first kappa shape index (κ1) is 25.6. The van der Waals surface area contributed by atoms with Crippen LogP contribution in [0.3, 0.4) is 0 Å². The van der Waals surface area contributed by atoms with Gasteiger partial charge in [-0.2, -0.15) is 0 Å². The Morgan fingerprint density at radius 2 is 1.00 bits per heavy atom. The van der Waals surface area contributed by atoms with E-state index >= 15 is 0 Å². The van der Waals surface area contributed by atoms with Crippen molar-refractivity contribution in [3.63, 3.8) is 0 Å². The molecular weight excluding hydrogens is 588 g/mol. The van der Waals surface area contributed by atoms with Gasteiger partial charge in [0.25, 0.3) is 0 Å². The maximum absolute atomic E-state index is 6.59. The van der Waals surface area contributed by atoms with Gasteiger partial charge in [-0.15, -0.1) is 0 Å². The molecule has 4 nitrogen and oxygen atoms in total. The van der Waals surface area contributed by atoms with E-state index in [1.807, 2.05) is 30.5 Å². The van der Waals surface area contributed by atoms with Gasteiger partial charge in [0.15, 0.2) is 0 Å². The van der Waals surface area contributed by atoms with Crippen molar-refractivity contribution in [3.05, 3.63) is 146 Å². The maximum atomic E-state index is 6.59. The molecule has 0 radical (unpaired) electrons. The van der Waals surface area contributed by atoms with Crippen LogP contribution in [0.5, 0.6) is 0 Å². The standard InChI is InChI=1S/C44H24N2O2/c1-3-12-32-29(9-1)30-10-2-4-13-33(30)43-42(32)45-24-36(46-43)27-19-17-26-22-28(20-18-25(26)21-27)40-41-34-14-6-8-16-38(34)47-39(41)23-35-31-11-5-7-15-37(31)48-44(35)40/h1-24H. The van der Waals surface area contributed by atoms with E-state index in [9.17, 15) is 0 Å². The quantitative estimate of drug-likeness (QED) is 0.182. The number of fused-ring (bicyclic) bond motifs is 13. The second-order valence-electron chi connectivity index (χ2n) is 12.5. The summed E-state index contributed by atoms with van der Waals surface area (Å²) in [5.41, 5.74) is 9.34. The van der Waals surface area contributed by atoms with Gasteiger partial charge in [-0.25, -0.2) is 4.98 Å². The summed E-state index contributed by atoms with van der Waals surface area (Å²) in [4.78, 5) is 10.2. The molecular formula is C44H24N2O2. The molecule has 0 aliphatic carbocycles. The highest BCUT2D eigenvalue weighted by Crippen LogP contribution is 2.45. The third kappa shape index (κ3) is 3.54. The van der Waals surface area contributed by atoms with Crippen molar-refractivity contribution in [3.8, 4) is 22.4 Å². The Labute approximate surface area is 273 Å². The number of nitrogens with zero attached hydrogens (tertiary/aromatic N) is 2. The van der Waals surface area contributed by atoms with Crippen molar-refractivity contribution < 1.29 is 8.83 Å². The van der Waals surface area contributed by atoms with Crippen LogP contribution in [0.1, 0.15) is 0 Å². The highest BCUT2D eigenvalue weighted by atomic mass is 16.3. The highest BCUT2D eigenvalue weighted by molar-refractivity contribution is 6.24. The summed E-state index contributed by atoms with van der Waals surface area (Å²) in [5.74, 6) is 0. The Morgan fingerprint density at radius 1 is 0.417 bits per heavy atom. The number of rotatable bonds is 2. The van der Waals surface area contributed by atoms with Crippen molar-refractivity contribution in [1.82, 2.24) is 9.97 Å². The summed E-state index contributed by atoms with van der Waals surface area (Å²) in [7, 11) is 0. The average molecular weight is 613 g/mol. The van der Waals surface area contributed by atoms with E-state index in [1.165, 1.54) is 10.8 Å². The zero-order valence-corrected chi connectivity index (χ0v) is 25.6. The van der Waals surface area contributed by atoms with Gasteiger partial charge in [0.2, 0.25) is 0 Å². The van der Waals surface area contributed by atoms with Gasteiger partial charge in [0, 0.05) is 43.4 Å². The Morgan fingerprint density at radius 3 is 1.75 bits per heavy atom. The van der Waals surface area contributed by atoms with Crippen LogP contribution in [-0.4, -0.2) is 9.97 Å². The molecule has 0 atom stereocenters. The molecule has 3 heterocycles. The van der Waals surface area contributed by atoms with Gasteiger partial charge in [0.05, 0.1) is 22.9 Å². The minimum atomic E-state index is 0.854. The molecule has 11 aromatic rings. The van der Waals surface area contributed by atoms with Crippen LogP contribution in [0, 0.1) is 0 Å². The maximum Gasteiger partial charge on any atom is 0.144 e. The van der Waals surface area contributed by atoms with E-state index in [1.54, 1.807) is 0 Å². The van der Waals surface area contributed by atoms with Crippen LogP contribution in [0.2, 0.25) is 0 Å². The summed E-state index contributed by atoms with van der Waals surface area (Å²) in [6.45, 7) is 0. The van der Waals surface area contributed by atoms with Gasteiger partial charge in [-0.3, -0.25) is 4.98 Å². The third-order valence-electron chi connectivity index (χ3n) is 9.86. The summed E-state index contributed by atoms with van der Waals surface area (Å²) in [5, 5.41) is 11.2. The van der Waals surface area contributed by atoms with E-state index in [4.69, 9.17) is 18.8 Å². The lowest BCUT2D eigenvalue weighted by atomic mass is 9.94. The molecule has 0 unspecified atom stereocenters. The number of aromatic nitrogens is 2. The van der Waals surface area contributed by atoms with E-state index in [2.05, 4.69) is 115 Å². The second-order valence-corrected chi connectivity index (χ2v) is 12.5. The number of para-hydroxylation sites is 2. The zero-order valence-electron chi connectivity index (χ0n) is 25.6. The highest BCUT2D eigenvalue weighted by Gasteiger charge is 2.21. The number of hydrogen-bond acceptors (Lipinski definition) is 4. The minimum Gasteiger partial charge on any atom is -0.456 e. The predicted molar refractivity (Wildman–Crippen MR) is 197 cm³/mol. The van der Waals surface area contributed by atoms with E-state index in [0.29, 0.717) is 0 Å². The lowest BCUT2D eigenvalue weighted by Crippen LogP contribution is -1.92. The SMILES string of the molecule is c1ccc2c(c1)oc1c(-c3ccc4cc(-c5cnc6c7ccccc7c7ccccc7c6n5)ccc4c3)c3c(cc12)oc1ccccc13. The molecule has 0 amide bonds. The third-order valence-corrected chi connectivity index (χ3v) is 9.86. The molecule has 222 valence electrons. The number of hydrogen-bond donors (Lipinski definition) is 0. The van der Waals surface area contributed by atoms with Crippen molar-refractivity contribution in [2.45, 2.75) is 0 Å². The Kier molecular flexibility index (Phi) is 5.08. The molecule has 0 aliphatic heterocycles. The lowest BCUT2D eigenvalue weighted by Gasteiger charge is -2.11. The molecule has 8 aromatic carbocycles. The topological polar surface area (TPSA) is 52.1 Å². The van der Waals surface area contributed by atoms with Gasteiger partial charge >= 0.3 is 0 Å². The smallest absolute Gasteiger partial charge is 0.144 e. The molecule has 4 heteroatoms. The summed E-state index contributed by atoms with van der Waals surface area (Å²) >= 11 is 0. The molecule has 0 saturated heterocycles. The van der Waals surface area contributed by atoms with Crippen molar-refractivity contribution in [1.29, 1.82) is 0 Å². The fraction of sp³-hybridized carbons (Fsp3) is 0. The summed E-state index contributed by atoms with van der Waals surface area (Å²) in [6.07, 6.45) is 1.90. The monoisotopic (exact) mass is 612 g/mol. The van der Waals surface area contributed by atoms with Crippen LogP contribution in [-0.2, 0) is 0 Å². The van der Waals surface area contributed by atoms with Crippen LogP contribution in [0.4, 0.5) is 0 Å². The summed E-state index contributed by atoms with van der Waals surface area (Å²) < 4.78 is 13.0. The fourth-order valence-electron chi connectivity index (χ4n) is 7.66. The first-order valence-electron chi connectivity index (χ1n) is 16.1. The molecule has 0 aliphatic rings. The van der Waals surface area contributed by atoms with Crippen LogP contribution in [0.15, 0.2) is 155 Å². The van der Waals surface area contributed by atoms with Crippen molar-refractivity contribution in [2.75, 3.05) is 0 Å². The normalized spacial score (nSPS) is 12.2. The zero-order chi connectivity index (χ0) is 31.3. The van der Waals surface area contributed by atoms with Gasteiger partial charge in [-0.05, 0) is 57.4 Å².